The van der Waals surface area contributed by atoms with Crippen LogP contribution in [0.25, 0.3) is 0 Å². The van der Waals surface area contributed by atoms with E-state index in [0.29, 0.717) is 5.75 Å². The fourth-order valence-corrected chi connectivity index (χ4v) is 2.60. The number of benzene rings is 1. The smallest absolute Gasteiger partial charge is 0.214 e. The van der Waals surface area contributed by atoms with E-state index in [-0.39, 0.29) is 17.5 Å². The first-order chi connectivity index (χ1) is 9.93. The summed E-state index contributed by atoms with van der Waals surface area (Å²) in [4.78, 5) is 24.0. The van der Waals surface area contributed by atoms with Crippen molar-refractivity contribution in [3.63, 3.8) is 0 Å². The van der Waals surface area contributed by atoms with Gasteiger partial charge in [0.2, 0.25) is 6.10 Å². The molecule has 0 aromatic heterocycles. The van der Waals surface area contributed by atoms with E-state index >= 15 is 0 Å². The average molecular weight is 284 g/mol. The molecule has 0 amide bonds. The molecule has 1 unspecified atom stereocenters. The predicted octanol–water partition coefficient (Wildman–Crippen LogP) is 2.99. The van der Waals surface area contributed by atoms with Crippen molar-refractivity contribution in [2.45, 2.75) is 46.1 Å². The molecule has 1 aromatic carbocycles. The first-order valence-electron chi connectivity index (χ1n) is 7.22. The number of hydrogen-bond donors (Lipinski definition) is 0. The molecule has 3 heteroatoms. The summed E-state index contributed by atoms with van der Waals surface area (Å²) in [6.45, 7) is 5.19. The van der Waals surface area contributed by atoms with Crippen molar-refractivity contribution in [1.29, 1.82) is 0 Å². The van der Waals surface area contributed by atoms with Gasteiger partial charge in [-0.25, -0.2) is 0 Å². The predicted molar refractivity (Wildman–Crippen MR) is 81.3 cm³/mol. The summed E-state index contributed by atoms with van der Waals surface area (Å²) in [7, 11) is 0. The van der Waals surface area contributed by atoms with Gasteiger partial charge in [0.05, 0.1) is 0 Å². The van der Waals surface area contributed by atoms with Crippen molar-refractivity contribution in [2.75, 3.05) is 0 Å². The third-order valence-electron chi connectivity index (χ3n) is 4.04. The molecule has 0 radical (unpaired) electrons. The SMILES string of the molecule is C#Cc1c(C)cc(OC(C(C)=O)C(=O)C2CCC2)cc1C. The Kier molecular flexibility index (Phi) is 4.47. The Morgan fingerprint density at radius 1 is 1.29 bits per heavy atom. The topological polar surface area (TPSA) is 43.4 Å². The molecule has 110 valence electrons. The standard InChI is InChI=1S/C18H20O3/c1-5-16-11(2)9-15(10-12(16)3)21-18(13(4)19)17(20)14-7-6-8-14/h1,9-10,14,18H,6-8H2,2-4H3. The molecule has 0 heterocycles. The van der Waals surface area contributed by atoms with Crippen LogP contribution in [0.2, 0.25) is 0 Å². The zero-order valence-electron chi connectivity index (χ0n) is 12.7. The minimum Gasteiger partial charge on any atom is -0.475 e. The third kappa shape index (κ3) is 3.16. The van der Waals surface area contributed by atoms with E-state index in [4.69, 9.17) is 11.2 Å². The Balaban J connectivity index is 2.23. The van der Waals surface area contributed by atoms with Crippen LogP contribution in [0.1, 0.15) is 42.9 Å². The summed E-state index contributed by atoms with van der Waals surface area (Å²) in [5, 5.41) is 0. The van der Waals surface area contributed by atoms with Crippen molar-refractivity contribution in [1.82, 2.24) is 0 Å². The molecule has 0 saturated heterocycles. The molecule has 0 spiro atoms. The minimum atomic E-state index is -0.995. The maximum absolute atomic E-state index is 12.3. The number of terminal acetylenes is 1. The van der Waals surface area contributed by atoms with Gasteiger partial charge in [-0.1, -0.05) is 12.3 Å². The highest BCUT2D eigenvalue weighted by Gasteiger charge is 2.35. The summed E-state index contributed by atoms with van der Waals surface area (Å²) >= 11 is 0. The van der Waals surface area contributed by atoms with Gasteiger partial charge in [0.25, 0.3) is 0 Å². The fraction of sp³-hybridized carbons (Fsp3) is 0.444. The monoisotopic (exact) mass is 284 g/mol. The van der Waals surface area contributed by atoms with Gasteiger partial charge in [-0.3, -0.25) is 9.59 Å². The lowest BCUT2D eigenvalue weighted by Gasteiger charge is -2.27. The molecule has 1 saturated carbocycles. The lowest BCUT2D eigenvalue weighted by atomic mass is 9.80. The molecule has 0 aliphatic heterocycles. The first-order valence-corrected chi connectivity index (χ1v) is 7.22. The Labute approximate surface area is 125 Å². The number of aryl methyl sites for hydroxylation is 2. The van der Waals surface area contributed by atoms with E-state index in [1.165, 1.54) is 6.92 Å². The number of hydrogen-bond acceptors (Lipinski definition) is 3. The molecule has 1 aromatic rings. The van der Waals surface area contributed by atoms with E-state index in [1.807, 2.05) is 13.8 Å². The molecule has 21 heavy (non-hydrogen) atoms. The lowest BCUT2D eigenvalue weighted by Crippen LogP contribution is -2.40. The van der Waals surface area contributed by atoms with Gasteiger partial charge in [-0.2, -0.15) is 0 Å². The molecule has 0 N–H and O–H groups in total. The van der Waals surface area contributed by atoms with E-state index in [9.17, 15) is 9.59 Å². The molecule has 2 rings (SSSR count). The molecule has 1 aliphatic carbocycles. The second-order valence-corrected chi connectivity index (χ2v) is 5.72. The van der Waals surface area contributed by atoms with Crippen LogP contribution >= 0.6 is 0 Å². The van der Waals surface area contributed by atoms with Crippen LogP contribution < -0.4 is 4.74 Å². The summed E-state index contributed by atoms with van der Waals surface area (Å²) < 4.78 is 5.69. The summed E-state index contributed by atoms with van der Waals surface area (Å²) in [5.41, 5.74) is 2.64. The van der Waals surface area contributed by atoms with Gasteiger partial charge < -0.3 is 4.74 Å². The largest absolute Gasteiger partial charge is 0.475 e. The van der Waals surface area contributed by atoms with Crippen LogP contribution in [0.15, 0.2) is 12.1 Å². The second-order valence-electron chi connectivity index (χ2n) is 5.72. The van der Waals surface area contributed by atoms with Gasteiger partial charge in [-0.05, 0) is 56.9 Å². The zero-order valence-corrected chi connectivity index (χ0v) is 12.7. The van der Waals surface area contributed by atoms with Crippen molar-refractivity contribution < 1.29 is 14.3 Å². The number of rotatable bonds is 5. The van der Waals surface area contributed by atoms with Gasteiger partial charge >= 0.3 is 0 Å². The Morgan fingerprint density at radius 2 is 1.86 bits per heavy atom. The summed E-state index contributed by atoms with van der Waals surface area (Å²) in [6.07, 6.45) is 7.24. The van der Waals surface area contributed by atoms with Crippen LogP contribution in [-0.4, -0.2) is 17.7 Å². The number of Topliss-reactive ketones (excluding diaryl/α,β-unsaturated/α-hetero) is 2. The van der Waals surface area contributed by atoms with Crippen molar-refractivity contribution >= 4 is 11.6 Å². The fourth-order valence-electron chi connectivity index (χ4n) is 2.60. The molecule has 1 fully saturated rings. The van der Waals surface area contributed by atoms with E-state index in [0.717, 1.165) is 36.0 Å². The highest BCUT2D eigenvalue weighted by atomic mass is 16.5. The lowest BCUT2D eigenvalue weighted by molar-refractivity contribution is -0.139. The molecule has 1 aliphatic rings. The van der Waals surface area contributed by atoms with Gasteiger partial charge in [-0.15, -0.1) is 6.42 Å². The Morgan fingerprint density at radius 3 is 2.24 bits per heavy atom. The van der Waals surface area contributed by atoms with Crippen molar-refractivity contribution in [2.24, 2.45) is 5.92 Å². The average Bonchev–Trinajstić information content (AvgIpc) is 2.33. The summed E-state index contributed by atoms with van der Waals surface area (Å²) in [6, 6.07) is 3.57. The van der Waals surface area contributed by atoms with Crippen LogP contribution in [-0.2, 0) is 9.59 Å². The number of carbonyl (C=O) groups excluding carboxylic acids is 2. The van der Waals surface area contributed by atoms with Crippen LogP contribution in [0.3, 0.4) is 0 Å². The Bertz CT molecular complexity index is 595. The van der Waals surface area contributed by atoms with Crippen LogP contribution in [0.4, 0.5) is 0 Å². The highest BCUT2D eigenvalue weighted by Crippen LogP contribution is 2.30. The number of carbonyl (C=O) groups is 2. The van der Waals surface area contributed by atoms with Gasteiger partial charge in [0.1, 0.15) is 5.75 Å². The molecule has 3 nitrogen and oxygen atoms in total. The van der Waals surface area contributed by atoms with E-state index < -0.39 is 6.10 Å². The minimum absolute atomic E-state index is 0.0222. The molecular weight excluding hydrogens is 264 g/mol. The van der Waals surface area contributed by atoms with Crippen molar-refractivity contribution in [3.05, 3.63) is 28.8 Å². The van der Waals surface area contributed by atoms with E-state index in [1.54, 1.807) is 12.1 Å². The first kappa shape index (κ1) is 15.3. The Hall–Kier alpha value is -2.08. The summed E-state index contributed by atoms with van der Waals surface area (Å²) in [5.74, 6) is 2.80. The quantitative estimate of drug-likeness (QED) is 0.616. The van der Waals surface area contributed by atoms with Crippen LogP contribution in [0.5, 0.6) is 5.75 Å². The van der Waals surface area contributed by atoms with Crippen molar-refractivity contribution in [3.8, 4) is 18.1 Å². The highest BCUT2D eigenvalue weighted by molar-refractivity contribution is 6.05. The molecular formula is C18H20O3. The maximum Gasteiger partial charge on any atom is 0.214 e. The zero-order chi connectivity index (χ0) is 15.6. The van der Waals surface area contributed by atoms with Gasteiger partial charge in [0.15, 0.2) is 11.6 Å². The third-order valence-corrected chi connectivity index (χ3v) is 4.04. The number of ketones is 2. The molecule has 1 atom stereocenters. The molecule has 0 bridgehead atoms. The number of ether oxygens (including phenoxy) is 1. The van der Waals surface area contributed by atoms with Crippen LogP contribution in [0, 0.1) is 32.1 Å². The second kappa shape index (κ2) is 6.13. The van der Waals surface area contributed by atoms with Gasteiger partial charge in [0, 0.05) is 11.5 Å². The maximum atomic E-state index is 12.3. The normalized spacial score (nSPS) is 15.7. The van der Waals surface area contributed by atoms with E-state index in [2.05, 4.69) is 5.92 Å².